The number of likely N-dealkylation sites (tertiary alicyclic amines) is 1. The molecule has 0 saturated carbocycles. The molecule has 2 aromatic carbocycles. The number of ketones is 1. The topological polar surface area (TPSA) is 48.0 Å². The van der Waals surface area contributed by atoms with Gasteiger partial charge in [-0.1, -0.05) is 12.1 Å². The van der Waals surface area contributed by atoms with Crippen molar-refractivity contribution in [3.05, 3.63) is 53.1 Å². The molecular formula is C22H23NO4. The maximum Gasteiger partial charge on any atom is 0.231 e. The Bertz CT molecular complexity index is 879. The molecule has 0 radical (unpaired) electrons. The maximum atomic E-state index is 13.0. The summed E-state index contributed by atoms with van der Waals surface area (Å²) >= 11 is 0. The van der Waals surface area contributed by atoms with E-state index >= 15 is 0 Å². The number of rotatable bonds is 4. The number of carbonyl (C=O) groups excluding carboxylic acids is 1. The Morgan fingerprint density at radius 1 is 1.04 bits per heavy atom. The molecular weight excluding hydrogens is 342 g/mol. The molecule has 5 heteroatoms. The lowest BCUT2D eigenvalue weighted by Gasteiger charge is -2.32. The molecule has 3 aliphatic rings. The van der Waals surface area contributed by atoms with Crippen molar-refractivity contribution in [2.45, 2.75) is 25.8 Å². The molecule has 0 unspecified atom stereocenters. The molecule has 1 atom stereocenters. The number of benzene rings is 2. The summed E-state index contributed by atoms with van der Waals surface area (Å²) < 4.78 is 16.4. The van der Waals surface area contributed by atoms with E-state index in [0.29, 0.717) is 5.75 Å². The van der Waals surface area contributed by atoms with E-state index in [-0.39, 0.29) is 18.5 Å². The molecule has 5 nitrogen and oxygen atoms in total. The van der Waals surface area contributed by atoms with Gasteiger partial charge in [-0.3, -0.25) is 9.69 Å². The lowest BCUT2D eigenvalue weighted by molar-refractivity contribution is 0.0811. The average molecular weight is 365 g/mol. The second-order valence-corrected chi connectivity index (χ2v) is 7.55. The highest BCUT2D eigenvalue weighted by molar-refractivity contribution is 5.98. The Kier molecular flexibility index (Phi) is 4.24. The molecule has 1 fully saturated rings. The summed E-state index contributed by atoms with van der Waals surface area (Å²) in [5, 5.41) is 0. The molecule has 27 heavy (non-hydrogen) atoms. The number of Topliss-reactive ketones (excluding diaryl/α,β-unsaturated/α-hetero) is 1. The molecule has 140 valence electrons. The maximum absolute atomic E-state index is 13.0. The van der Waals surface area contributed by atoms with Crippen LogP contribution in [0.4, 0.5) is 0 Å². The van der Waals surface area contributed by atoms with Crippen LogP contribution in [0.25, 0.3) is 0 Å². The molecule has 3 aliphatic heterocycles. The first-order chi connectivity index (χ1) is 13.3. The molecule has 5 rings (SSSR count). The Morgan fingerprint density at radius 3 is 2.89 bits per heavy atom. The van der Waals surface area contributed by atoms with Crippen LogP contribution in [-0.2, 0) is 13.0 Å². The first-order valence-electron chi connectivity index (χ1n) is 9.67. The number of ether oxygens (including phenoxy) is 3. The SMILES string of the molecule is O=C(c1ccc2c(c1)OCO2)[C@H]1CCCN(Cc2ccc3c(c2)CCO3)C1. The highest BCUT2D eigenvalue weighted by Crippen LogP contribution is 2.34. The second kappa shape index (κ2) is 6.89. The normalized spacial score (nSPS) is 21.0. The first kappa shape index (κ1) is 16.6. The van der Waals surface area contributed by atoms with Gasteiger partial charge in [0.15, 0.2) is 17.3 Å². The highest BCUT2D eigenvalue weighted by atomic mass is 16.7. The summed E-state index contributed by atoms with van der Waals surface area (Å²) in [4.78, 5) is 15.4. The van der Waals surface area contributed by atoms with E-state index in [1.807, 2.05) is 18.2 Å². The standard InChI is InChI=1S/C22H23NO4/c24-22(17-4-6-20-21(11-17)27-14-26-20)18-2-1-8-23(13-18)12-15-3-5-19-16(10-15)7-9-25-19/h3-6,10-11,18H,1-2,7-9,12-14H2/t18-/m0/s1. The van der Waals surface area contributed by atoms with Gasteiger partial charge < -0.3 is 14.2 Å². The largest absolute Gasteiger partial charge is 0.493 e. The van der Waals surface area contributed by atoms with E-state index in [4.69, 9.17) is 14.2 Å². The summed E-state index contributed by atoms with van der Waals surface area (Å²) in [7, 11) is 0. The first-order valence-corrected chi connectivity index (χ1v) is 9.67. The molecule has 1 saturated heterocycles. The fraction of sp³-hybridized carbons (Fsp3) is 0.409. The zero-order chi connectivity index (χ0) is 18.2. The molecule has 0 spiro atoms. The summed E-state index contributed by atoms with van der Waals surface area (Å²) in [6.45, 7) is 3.75. The van der Waals surface area contributed by atoms with Crippen molar-refractivity contribution >= 4 is 5.78 Å². The number of fused-ring (bicyclic) bond motifs is 2. The van der Waals surface area contributed by atoms with Gasteiger partial charge in [-0.25, -0.2) is 0 Å². The summed E-state index contributed by atoms with van der Waals surface area (Å²) in [5.74, 6) is 2.66. The molecule has 0 N–H and O–H groups in total. The molecule has 0 bridgehead atoms. The average Bonchev–Trinajstić information content (AvgIpc) is 3.35. The minimum Gasteiger partial charge on any atom is -0.493 e. The Labute approximate surface area is 158 Å². The Morgan fingerprint density at radius 2 is 1.93 bits per heavy atom. The minimum absolute atomic E-state index is 0.0388. The fourth-order valence-electron chi connectivity index (χ4n) is 4.30. The van der Waals surface area contributed by atoms with Gasteiger partial charge >= 0.3 is 0 Å². The number of hydrogen-bond acceptors (Lipinski definition) is 5. The van der Waals surface area contributed by atoms with Crippen LogP contribution < -0.4 is 14.2 Å². The van der Waals surface area contributed by atoms with E-state index in [1.165, 1.54) is 11.1 Å². The van der Waals surface area contributed by atoms with Gasteiger partial charge in [-0.15, -0.1) is 0 Å². The Balaban J connectivity index is 1.27. The Hall–Kier alpha value is -2.53. The predicted octanol–water partition coefficient (Wildman–Crippen LogP) is 3.45. The van der Waals surface area contributed by atoms with Crippen LogP contribution in [0.3, 0.4) is 0 Å². The van der Waals surface area contributed by atoms with E-state index in [9.17, 15) is 4.79 Å². The number of nitrogens with zero attached hydrogens (tertiary/aromatic N) is 1. The van der Waals surface area contributed by atoms with Crippen molar-refractivity contribution < 1.29 is 19.0 Å². The zero-order valence-corrected chi connectivity index (χ0v) is 15.3. The van der Waals surface area contributed by atoms with Gasteiger partial charge in [-0.05, 0) is 54.8 Å². The lowest BCUT2D eigenvalue weighted by Crippen LogP contribution is -2.38. The van der Waals surface area contributed by atoms with Gasteiger partial charge in [0.05, 0.1) is 6.61 Å². The quantitative estimate of drug-likeness (QED) is 0.777. The number of piperidine rings is 1. The van der Waals surface area contributed by atoms with E-state index in [1.54, 1.807) is 0 Å². The number of carbonyl (C=O) groups is 1. The van der Waals surface area contributed by atoms with E-state index in [0.717, 1.165) is 62.6 Å². The summed E-state index contributed by atoms with van der Waals surface area (Å²) in [6, 6.07) is 12.0. The molecule has 0 aliphatic carbocycles. The minimum atomic E-state index is 0.0388. The van der Waals surface area contributed by atoms with Gasteiger partial charge in [0.2, 0.25) is 6.79 Å². The van der Waals surface area contributed by atoms with Crippen LogP contribution in [0.15, 0.2) is 36.4 Å². The monoisotopic (exact) mass is 365 g/mol. The van der Waals surface area contributed by atoms with Crippen molar-refractivity contribution in [2.75, 3.05) is 26.5 Å². The fourth-order valence-corrected chi connectivity index (χ4v) is 4.30. The van der Waals surface area contributed by atoms with Gasteiger partial charge in [0.25, 0.3) is 0 Å². The van der Waals surface area contributed by atoms with E-state index < -0.39 is 0 Å². The molecule has 0 amide bonds. The lowest BCUT2D eigenvalue weighted by atomic mass is 9.89. The van der Waals surface area contributed by atoms with Crippen LogP contribution in [0.2, 0.25) is 0 Å². The zero-order valence-electron chi connectivity index (χ0n) is 15.3. The molecule has 3 heterocycles. The summed E-state index contributed by atoms with van der Waals surface area (Å²) in [5.41, 5.74) is 3.33. The van der Waals surface area contributed by atoms with Crippen LogP contribution in [0.1, 0.15) is 34.3 Å². The van der Waals surface area contributed by atoms with Gasteiger partial charge in [0, 0.05) is 31.0 Å². The predicted molar refractivity (Wildman–Crippen MR) is 101 cm³/mol. The van der Waals surface area contributed by atoms with Gasteiger partial charge in [0.1, 0.15) is 5.75 Å². The number of hydrogen-bond donors (Lipinski definition) is 0. The van der Waals surface area contributed by atoms with Crippen LogP contribution in [0.5, 0.6) is 17.2 Å². The van der Waals surface area contributed by atoms with Crippen molar-refractivity contribution in [2.24, 2.45) is 5.92 Å². The van der Waals surface area contributed by atoms with Crippen LogP contribution in [-0.4, -0.2) is 37.2 Å². The van der Waals surface area contributed by atoms with Crippen LogP contribution in [0, 0.1) is 5.92 Å². The highest BCUT2D eigenvalue weighted by Gasteiger charge is 2.28. The van der Waals surface area contributed by atoms with Crippen molar-refractivity contribution in [1.29, 1.82) is 0 Å². The smallest absolute Gasteiger partial charge is 0.231 e. The van der Waals surface area contributed by atoms with Gasteiger partial charge in [-0.2, -0.15) is 0 Å². The third kappa shape index (κ3) is 3.28. The third-order valence-electron chi connectivity index (χ3n) is 5.69. The van der Waals surface area contributed by atoms with Crippen molar-refractivity contribution in [3.63, 3.8) is 0 Å². The van der Waals surface area contributed by atoms with Crippen molar-refractivity contribution in [1.82, 2.24) is 4.90 Å². The van der Waals surface area contributed by atoms with Crippen molar-refractivity contribution in [3.8, 4) is 17.2 Å². The second-order valence-electron chi connectivity index (χ2n) is 7.55. The summed E-state index contributed by atoms with van der Waals surface area (Å²) in [6.07, 6.45) is 2.99. The molecule has 2 aromatic rings. The third-order valence-corrected chi connectivity index (χ3v) is 5.69. The van der Waals surface area contributed by atoms with Crippen LogP contribution >= 0.6 is 0 Å². The molecule has 0 aromatic heterocycles. The van der Waals surface area contributed by atoms with E-state index in [2.05, 4.69) is 23.1 Å².